The van der Waals surface area contributed by atoms with Gasteiger partial charge in [-0.25, -0.2) is 0 Å². The number of carbonyl (C=O) groups excluding carboxylic acids is 2. The second kappa shape index (κ2) is 4.81. The summed E-state index contributed by atoms with van der Waals surface area (Å²) in [6.07, 6.45) is 4.12. The Bertz CT molecular complexity index is 576. The topological polar surface area (TPSA) is 52.6 Å². The summed E-state index contributed by atoms with van der Waals surface area (Å²) in [4.78, 5) is 23.6. The highest BCUT2D eigenvalue weighted by atomic mass is 16.6. The van der Waals surface area contributed by atoms with Gasteiger partial charge in [0, 0.05) is 0 Å². The van der Waals surface area contributed by atoms with Crippen molar-refractivity contribution in [2.24, 2.45) is 29.6 Å². The normalized spacial score (nSPS) is 36.1. The largest absolute Gasteiger partial charge is 0.393 e. The quantitative estimate of drug-likeness (QED) is 0.482. The number of esters is 2. The highest BCUT2D eigenvalue weighted by Crippen LogP contribution is 2.55. The highest BCUT2D eigenvalue weighted by molar-refractivity contribution is 5.98. The first-order valence-corrected chi connectivity index (χ1v) is 7.31. The Kier molecular flexibility index (Phi) is 2.93. The Labute approximate surface area is 122 Å². The SMILES string of the molecule is O=C1OC(=O)[C@H]2[C@@H]1[C@H]1C=C[C@@H]2C1COCc1ccccc1. The second-order valence-corrected chi connectivity index (χ2v) is 6.00. The Morgan fingerprint density at radius 2 is 1.57 bits per heavy atom. The van der Waals surface area contributed by atoms with E-state index in [0.29, 0.717) is 13.2 Å². The fourth-order valence-corrected chi connectivity index (χ4v) is 4.00. The molecule has 1 aromatic rings. The average molecular weight is 284 g/mol. The first-order valence-electron chi connectivity index (χ1n) is 7.31. The first kappa shape index (κ1) is 12.8. The molecule has 1 aromatic carbocycles. The van der Waals surface area contributed by atoms with E-state index in [2.05, 4.69) is 12.2 Å². The van der Waals surface area contributed by atoms with Gasteiger partial charge in [0.1, 0.15) is 0 Å². The summed E-state index contributed by atoms with van der Waals surface area (Å²) in [5.74, 6) is -0.856. The highest BCUT2D eigenvalue weighted by Gasteiger charge is 2.62. The minimum absolute atomic E-state index is 0.0923. The zero-order valence-corrected chi connectivity index (χ0v) is 11.5. The van der Waals surface area contributed by atoms with Crippen molar-refractivity contribution in [3.05, 3.63) is 48.0 Å². The van der Waals surface area contributed by atoms with Crippen molar-refractivity contribution in [2.45, 2.75) is 6.61 Å². The maximum absolute atomic E-state index is 11.8. The van der Waals surface area contributed by atoms with Crippen LogP contribution in [-0.4, -0.2) is 18.5 Å². The van der Waals surface area contributed by atoms with Crippen LogP contribution >= 0.6 is 0 Å². The van der Waals surface area contributed by atoms with Crippen molar-refractivity contribution in [2.75, 3.05) is 6.61 Å². The van der Waals surface area contributed by atoms with E-state index in [0.717, 1.165) is 5.56 Å². The van der Waals surface area contributed by atoms with Crippen molar-refractivity contribution in [3.63, 3.8) is 0 Å². The number of carbonyl (C=O) groups is 2. The van der Waals surface area contributed by atoms with Gasteiger partial charge in [-0.2, -0.15) is 0 Å². The number of fused-ring (bicyclic) bond motifs is 5. The summed E-state index contributed by atoms with van der Waals surface area (Å²) in [7, 11) is 0. The van der Waals surface area contributed by atoms with Gasteiger partial charge < -0.3 is 9.47 Å². The summed E-state index contributed by atoms with van der Waals surface area (Å²) >= 11 is 0. The van der Waals surface area contributed by atoms with Crippen molar-refractivity contribution in [1.29, 1.82) is 0 Å². The van der Waals surface area contributed by atoms with Crippen molar-refractivity contribution in [1.82, 2.24) is 0 Å². The van der Waals surface area contributed by atoms with Crippen LogP contribution in [0.1, 0.15) is 5.56 Å². The summed E-state index contributed by atoms with van der Waals surface area (Å²) in [5, 5.41) is 0. The number of cyclic esters (lactones) is 2. The van der Waals surface area contributed by atoms with E-state index in [1.807, 2.05) is 30.3 Å². The van der Waals surface area contributed by atoms with Crippen molar-refractivity contribution in [3.8, 4) is 0 Å². The minimum atomic E-state index is -0.352. The molecule has 1 aliphatic heterocycles. The molecule has 1 saturated heterocycles. The molecule has 2 fully saturated rings. The van der Waals surface area contributed by atoms with Crippen LogP contribution in [0.25, 0.3) is 0 Å². The van der Waals surface area contributed by atoms with Crippen molar-refractivity contribution < 1.29 is 19.1 Å². The number of hydrogen-bond donors (Lipinski definition) is 0. The van der Waals surface area contributed by atoms with Gasteiger partial charge in [0.05, 0.1) is 25.0 Å². The summed E-state index contributed by atoms with van der Waals surface area (Å²) in [6, 6.07) is 9.99. The van der Waals surface area contributed by atoms with E-state index in [9.17, 15) is 9.59 Å². The van der Waals surface area contributed by atoms with Crippen LogP contribution in [0, 0.1) is 29.6 Å². The summed E-state index contributed by atoms with van der Waals surface area (Å²) < 4.78 is 10.6. The van der Waals surface area contributed by atoms with Gasteiger partial charge in [0.15, 0.2) is 0 Å². The predicted molar refractivity (Wildman–Crippen MR) is 73.8 cm³/mol. The minimum Gasteiger partial charge on any atom is -0.393 e. The number of rotatable bonds is 4. The van der Waals surface area contributed by atoms with Gasteiger partial charge in [-0.1, -0.05) is 42.5 Å². The van der Waals surface area contributed by atoms with E-state index >= 15 is 0 Å². The molecular weight excluding hydrogens is 268 g/mol. The maximum Gasteiger partial charge on any atom is 0.318 e. The van der Waals surface area contributed by atoms with Crippen LogP contribution in [0.2, 0.25) is 0 Å². The Morgan fingerprint density at radius 1 is 0.952 bits per heavy atom. The summed E-state index contributed by atoms with van der Waals surface area (Å²) in [5.41, 5.74) is 1.13. The monoisotopic (exact) mass is 284 g/mol. The third-order valence-corrected chi connectivity index (χ3v) is 4.93. The number of benzene rings is 1. The molecule has 108 valence electrons. The summed E-state index contributed by atoms with van der Waals surface area (Å²) in [6.45, 7) is 1.13. The lowest BCUT2D eigenvalue weighted by Gasteiger charge is -2.18. The van der Waals surface area contributed by atoms with Crippen LogP contribution in [0.15, 0.2) is 42.5 Å². The van der Waals surface area contributed by atoms with E-state index in [1.165, 1.54) is 0 Å². The molecule has 21 heavy (non-hydrogen) atoms. The van der Waals surface area contributed by atoms with E-state index in [4.69, 9.17) is 9.47 Å². The molecule has 4 heteroatoms. The van der Waals surface area contributed by atoms with Crippen LogP contribution in [0.4, 0.5) is 0 Å². The standard InChI is InChI=1S/C17H16O4/c18-16-14-11-6-7-12(15(14)17(19)21-16)13(11)9-20-8-10-4-2-1-3-5-10/h1-7,11-15H,8-9H2/t11-,12+,13?,14-,15+. The molecule has 4 nitrogen and oxygen atoms in total. The number of ether oxygens (including phenoxy) is 2. The Hall–Kier alpha value is -1.94. The molecule has 5 atom stereocenters. The van der Waals surface area contributed by atoms with Crippen LogP contribution in [-0.2, 0) is 25.7 Å². The molecule has 0 spiro atoms. The maximum atomic E-state index is 11.8. The molecule has 0 radical (unpaired) electrons. The van der Waals surface area contributed by atoms with E-state index in [1.54, 1.807) is 0 Å². The van der Waals surface area contributed by atoms with Gasteiger partial charge in [-0.3, -0.25) is 9.59 Å². The van der Waals surface area contributed by atoms with Gasteiger partial charge >= 0.3 is 11.9 Å². The predicted octanol–water partition coefficient (Wildman–Crippen LogP) is 1.95. The second-order valence-electron chi connectivity index (χ2n) is 6.00. The third kappa shape index (κ3) is 1.94. The molecule has 1 heterocycles. The van der Waals surface area contributed by atoms with Crippen molar-refractivity contribution >= 4 is 11.9 Å². The van der Waals surface area contributed by atoms with Crippen LogP contribution in [0.3, 0.4) is 0 Å². The van der Waals surface area contributed by atoms with Gasteiger partial charge in [-0.05, 0) is 23.3 Å². The van der Waals surface area contributed by atoms with E-state index < -0.39 is 0 Å². The zero-order valence-electron chi connectivity index (χ0n) is 11.5. The first-order chi connectivity index (χ1) is 10.3. The van der Waals surface area contributed by atoms with E-state index in [-0.39, 0.29) is 41.5 Å². The zero-order chi connectivity index (χ0) is 14.4. The lowest BCUT2D eigenvalue weighted by Crippen LogP contribution is -2.21. The van der Waals surface area contributed by atoms with Crippen LogP contribution < -0.4 is 0 Å². The lowest BCUT2D eigenvalue weighted by molar-refractivity contribution is -0.155. The molecule has 0 aromatic heterocycles. The molecule has 3 aliphatic rings. The van der Waals surface area contributed by atoms with Gasteiger partial charge in [0.2, 0.25) is 0 Å². The number of allylic oxidation sites excluding steroid dienone is 2. The molecular formula is C17H16O4. The molecule has 1 unspecified atom stereocenters. The fourth-order valence-electron chi connectivity index (χ4n) is 4.00. The van der Waals surface area contributed by atoms with Gasteiger partial charge in [-0.15, -0.1) is 0 Å². The fraction of sp³-hybridized carbons (Fsp3) is 0.412. The molecule has 0 amide bonds. The Balaban J connectivity index is 1.42. The smallest absolute Gasteiger partial charge is 0.318 e. The average Bonchev–Trinajstić information content (AvgIpc) is 3.12. The number of hydrogen-bond acceptors (Lipinski definition) is 4. The van der Waals surface area contributed by atoms with Crippen LogP contribution in [0.5, 0.6) is 0 Å². The molecule has 1 saturated carbocycles. The molecule has 2 bridgehead atoms. The third-order valence-electron chi connectivity index (χ3n) is 4.93. The lowest BCUT2D eigenvalue weighted by atomic mass is 9.85. The molecule has 0 N–H and O–H groups in total. The Morgan fingerprint density at radius 3 is 2.19 bits per heavy atom. The molecule has 4 rings (SSSR count). The molecule has 2 aliphatic carbocycles. The van der Waals surface area contributed by atoms with Gasteiger partial charge in [0.25, 0.3) is 0 Å².